The number of nitrogens with one attached hydrogen (secondary N) is 1. The molecule has 0 radical (unpaired) electrons. The first-order valence-corrected chi connectivity index (χ1v) is 8.26. The number of hydrogen-bond donors (Lipinski definition) is 1. The Kier molecular flexibility index (Phi) is 4.84. The van der Waals surface area contributed by atoms with E-state index in [-0.39, 0.29) is 11.5 Å². The second-order valence-electron chi connectivity index (χ2n) is 5.85. The predicted molar refractivity (Wildman–Crippen MR) is 97.0 cm³/mol. The maximum Gasteiger partial charge on any atom is 0.282 e. The zero-order valence-corrected chi connectivity index (χ0v) is 14.3. The summed E-state index contributed by atoms with van der Waals surface area (Å²) in [6.45, 7) is 4.66. The van der Waals surface area contributed by atoms with E-state index in [1.165, 1.54) is 5.01 Å². The van der Waals surface area contributed by atoms with Crippen LogP contribution in [0.3, 0.4) is 0 Å². The van der Waals surface area contributed by atoms with Gasteiger partial charge in [-0.15, -0.1) is 0 Å². The summed E-state index contributed by atoms with van der Waals surface area (Å²) < 4.78 is 5.65. The number of anilines is 1. The van der Waals surface area contributed by atoms with Gasteiger partial charge in [-0.1, -0.05) is 31.2 Å². The number of amides is 2. The Balaban J connectivity index is 1.85. The minimum atomic E-state index is -0.405. The van der Waals surface area contributed by atoms with Crippen LogP contribution >= 0.6 is 0 Å². The zero-order chi connectivity index (χ0) is 17.8. The van der Waals surface area contributed by atoms with Crippen molar-refractivity contribution in [1.82, 2.24) is 5.43 Å². The Labute approximate surface area is 146 Å². The van der Waals surface area contributed by atoms with Crippen LogP contribution in [0.1, 0.15) is 24.5 Å². The molecule has 3 rings (SSSR count). The average molecular weight is 336 g/mol. The third-order valence-corrected chi connectivity index (χ3v) is 3.88. The van der Waals surface area contributed by atoms with E-state index in [0.717, 1.165) is 23.3 Å². The van der Waals surface area contributed by atoms with E-state index in [0.29, 0.717) is 12.3 Å². The van der Waals surface area contributed by atoms with Crippen LogP contribution in [-0.4, -0.2) is 18.4 Å². The Morgan fingerprint density at radius 3 is 2.56 bits per heavy atom. The highest BCUT2D eigenvalue weighted by Gasteiger charge is 2.34. The number of para-hydroxylation sites is 1. The number of aryl methyl sites for hydroxylation is 1. The van der Waals surface area contributed by atoms with E-state index < -0.39 is 5.91 Å². The summed E-state index contributed by atoms with van der Waals surface area (Å²) in [4.78, 5) is 24.8. The monoisotopic (exact) mass is 336 g/mol. The first kappa shape index (κ1) is 16.8. The number of benzene rings is 2. The molecule has 1 N–H and O–H groups in total. The molecule has 1 saturated heterocycles. The van der Waals surface area contributed by atoms with Gasteiger partial charge in [0.05, 0.1) is 12.3 Å². The maximum atomic E-state index is 12.6. The molecule has 1 aliphatic rings. The normalized spacial score (nSPS) is 15.6. The molecule has 1 aliphatic heterocycles. The van der Waals surface area contributed by atoms with Crippen LogP contribution in [0.2, 0.25) is 0 Å². The van der Waals surface area contributed by atoms with Gasteiger partial charge >= 0.3 is 0 Å². The maximum absolute atomic E-state index is 12.6. The molecule has 2 aromatic rings. The summed E-state index contributed by atoms with van der Waals surface area (Å²) in [7, 11) is 0. The molecule has 0 bridgehead atoms. The van der Waals surface area contributed by atoms with Gasteiger partial charge in [0.2, 0.25) is 0 Å². The molecular formula is C20H20N2O3. The quantitative estimate of drug-likeness (QED) is 0.673. The fourth-order valence-electron chi connectivity index (χ4n) is 2.62. The molecule has 2 amide bonds. The summed E-state index contributed by atoms with van der Waals surface area (Å²) in [5.41, 5.74) is 5.09. The second kappa shape index (κ2) is 7.21. The lowest BCUT2D eigenvalue weighted by atomic mass is 10.1. The fraction of sp³-hybridized carbons (Fsp3) is 0.200. The Hall–Kier alpha value is -3.08. The molecule has 25 heavy (non-hydrogen) atoms. The zero-order valence-electron chi connectivity index (χ0n) is 14.3. The van der Waals surface area contributed by atoms with Crippen molar-refractivity contribution in [2.24, 2.45) is 0 Å². The van der Waals surface area contributed by atoms with Gasteiger partial charge in [0.1, 0.15) is 11.3 Å². The average Bonchev–Trinajstić information content (AvgIpc) is 2.90. The van der Waals surface area contributed by atoms with Gasteiger partial charge in [0.25, 0.3) is 11.8 Å². The van der Waals surface area contributed by atoms with Crippen LogP contribution in [0.4, 0.5) is 5.69 Å². The van der Waals surface area contributed by atoms with Gasteiger partial charge in [0, 0.05) is 0 Å². The van der Waals surface area contributed by atoms with E-state index in [2.05, 4.69) is 12.3 Å². The Bertz CT molecular complexity index is 828. The third-order valence-electron chi connectivity index (χ3n) is 3.88. The molecule has 2 aromatic carbocycles. The minimum Gasteiger partial charge on any atom is -0.493 e. The lowest BCUT2D eigenvalue weighted by molar-refractivity contribution is -0.117. The van der Waals surface area contributed by atoms with Gasteiger partial charge < -0.3 is 4.74 Å². The van der Waals surface area contributed by atoms with Crippen molar-refractivity contribution < 1.29 is 14.3 Å². The summed E-state index contributed by atoms with van der Waals surface area (Å²) in [6.07, 6.45) is 2.55. The molecule has 0 atom stereocenters. The van der Waals surface area contributed by atoms with Crippen molar-refractivity contribution in [1.29, 1.82) is 0 Å². The molecule has 1 fully saturated rings. The van der Waals surface area contributed by atoms with E-state index >= 15 is 0 Å². The van der Waals surface area contributed by atoms with Gasteiger partial charge in [-0.25, -0.2) is 5.01 Å². The van der Waals surface area contributed by atoms with E-state index in [1.54, 1.807) is 18.2 Å². The first-order valence-electron chi connectivity index (χ1n) is 8.26. The highest BCUT2D eigenvalue weighted by Crippen LogP contribution is 2.24. The second-order valence-corrected chi connectivity index (χ2v) is 5.85. The van der Waals surface area contributed by atoms with Crippen LogP contribution in [0.5, 0.6) is 5.75 Å². The van der Waals surface area contributed by atoms with Crippen LogP contribution in [0, 0.1) is 6.92 Å². The van der Waals surface area contributed by atoms with E-state index in [9.17, 15) is 9.59 Å². The summed E-state index contributed by atoms with van der Waals surface area (Å²) >= 11 is 0. The van der Waals surface area contributed by atoms with Gasteiger partial charge in [-0.05, 0) is 54.8 Å². The standard InChI is InChI=1S/C20H20N2O3/c1-3-11-25-18-10-9-15(12-14(18)2)13-17-19(23)21-22(20(17)24)16-7-5-4-6-8-16/h4-10,12-13H,3,11H2,1-2H3,(H,21,23)/b17-13-. The molecular weight excluding hydrogens is 316 g/mol. The largest absolute Gasteiger partial charge is 0.493 e. The summed E-state index contributed by atoms with van der Waals surface area (Å²) in [5, 5.41) is 1.26. The van der Waals surface area contributed by atoms with Crippen molar-refractivity contribution in [3.05, 3.63) is 65.2 Å². The molecule has 0 unspecified atom stereocenters. The number of hydrazine groups is 1. The number of carbonyl (C=O) groups excluding carboxylic acids is 2. The number of nitrogens with zero attached hydrogens (tertiary/aromatic N) is 1. The highest BCUT2D eigenvalue weighted by molar-refractivity contribution is 6.31. The molecule has 0 aromatic heterocycles. The van der Waals surface area contributed by atoms with Crippen molar-refractivity contribution in [2.75, 3.05) is 11.6 Å². The van der Waals surface area contributed by atoms with Crippen LogP contribution < -0.4 is 15.2 Å². The SMILES string of the molecule is CCCOc1ccc(/C=C2/C(=O)NN(c3ccccc3)C2=O)cc1C. The lowest BCUT2D eigenvalue weighted by Gasteiger charge is -2.13. The van der Waals surface area contributed by atoms with Gasteiger partial charge in [-0.3, -0.25) is 15.0 Å². The Morgan fingerprint density at radius 2 is 1.88 bits per heavy atom. The van der Waals surface area contributed by atoms with Crippen molar-refractivity contribution in [3.8, 4) is 5.75 Å². The molecule has 0 aliphatic carbocycles. The summed E-state index contributed by atoms with van der Waals surface area (Å²) in [5.74, 6) is 0.0510. The molecule has 0 saturated carbocycles. The predicted octanol–water partition coefficient (Wildman–Crippen LogP) is 3.25. The number of ether oxygens (including phenoxy) is 1. The molecule has 0 spiro atoms. The van der Waals surface area contributed by atoms with Crippen molar-refractivity contribution in [3.63, 3.8) is 0 Å². The van der Waals surface area contributed by atoms with Crippen LogP contribution in [0.25, 0.3) is 6.08 Å². The van der Waals surface area contributed by atoms with Crippen molar-refractivity contribution in [2.45, 2.75) is 20.3 Å². The van der Waals surface area contributed by atoms with Crippen LogP contribution in [-0.2, 0) is 9.59 Å². The molecule has 5 heteroatoms. The first-order chi connectivity index (χ1) is 12.1. The molecule has 5 nitrogen and oxygen atoms in total. The van der Waals surface area contributed by atoms with Crippen LogP contribution in [0.15, 0.2) is 54.1 Å². The molecule has 128 valence electrons. The minimum absolute atomic E-state index is 0.116. The highest BCUT2D eigenvalue weighted by atomic mass is 16.5. The van der Waals surface area contributed by atoms with Crippen molar-refractivity contribution >= 4 is 23.6 Å². The number of rotatable bonds is 5. The number of carbonyl (C=O) groups is 2. The Morgan fingerprint density at radius 1 is 1.12 bits per heavy atom. The lowest BCUT2D eigenvalue weighted by Crippen LogP contribution is -2.35. The smallest absolute Gasteiger partial charge is 0.282 e. The summed E-state index contributed by atoms with van der Waals surface area (Å²) in [6, 6.07) is 14.6. The molecule has 1 heterocycles. The van der Waals surface area contributed by atoms with Gasteiger partial charge in [0.15, 0.2) is 0 Å². The number of hydrogen-bond acceptors (Lipinski definition) is 3. The van der Waals surface area contributed by atoms with Gasteiger partial charge in [-0.2, -0.15) is 0 Å². The topological polar surface area (TPSA) is 58.6 Å². The third kappa shape index (κ3) is 3.55. The van der Waals surface area contributed by atoms with E-state index in [4.69, 9.17) is 4.74 Å². The fourth-order valence-corrected chi connectivity index (χ4v) is 2.62. The van der Waals surface area contributed by atoms with E-state index in [1.807, 2.05) is 43.3 Å².